The number of carbonyl (C=O) groups excluding carboxylic acids is 1. The molecule has 15 heavy (non-hydrogen) atoms. The van der Waals surface area contributed by atoms with Crippen molar-refractivity contribution in [1.29, 1.82) is 0 Å². The van der Waals surface area contributed by atoms with Gasteiger partial charge in [0.1, 0.15) is 11.4 Å². The van der Waals surface area contributed by atoms with Crippen LogP contribution in [0.2, 0.25) is 0 Å². The van der Waals surface area contributed by atoms with E-state index in [2.05, 4.69) is 15.3 Å². The van der Waals surface area contributed by atoms with E-state index >= 15 is 0 Å². The molecule has 6 heteroatoms. The maximum atomic E-state index is 11.9. The van der Waals surface area contributed by atoms with Gasteiger partial charge in [0.15, 0.2) is 0 Å². The first-order valence-corrected chi connectivity index (χ1v) is 5.45. The molecule has 2 rings (SSSR count). The zero-order chi connectivity index (χ0) is 10.8. The monoisotopic (exact) mass is 222 g/mol. The number of aryl methyl sites for hydroxylation is 2. The summed E-state index contributed by atoms with van der Waals surface area (Å²) in [6.07, 6.45) is 1.47. The summed E-state index contributed by atoms with van der Waals surface area (Å²) in [7, 11) is 0. The van der Waals surface area contributed by atoms with Gasteiger partial charge in [-0.1, -0.05) is 5.21 Å². The topological polar surface area (TPSA) is 60.7 Å². The second-order valence-electron chi connectivity index (χ2n) is 3.02. The maximum absolute atomic E-state index is 11.9. The molecule has 0 atom stereocenters. The first-order chi connectivity index (χ1) is 7.22. The quantitative estimate of drug-likeness (QED) is 0.734. The van der Waals surface area contributed by atoms with Crippen LogP contribution < -0.4 is 0 Å². The fourth-order valence-electron chi connectivity index (χ4n) is 1.27. The Bertz CT molecular complexity index is 488. The first-order valence-electron chi connectivity index (χ1n) is 4.57. The van der Waals surface area contributed by atoms with Gasteiger partial charge in [0.25, 0.3) is 0 Å². The highest BCUT2D eigenvalue weighted by atomic mass is 32.1. The van der Waals surface area contributed by atoms with Gasteiger partial charge in [0.05, 0.1) is 11.2 Å². The van der Waals surface area contributed by atoms with Crippen LogP contribution in [0.1, 0.15) is 28.1 Å². The van der Waals surface area contributed by atoms with E-state index in [1.807, 2.05) is 13.8 Å². The predicted octanol–water partition coefficient (Wildman–Crippen LogP) is 1.29. The SMILES string of the molecule is CCn1nncc1C(=O)c1csc(C)n1. The summed E-state index contributed by atoms with van der Waals surface area (Å²) < 4.78 is 1.57. The van der Waals surface area contributed by atoms with E-state index in [0.29, 0.717) is 17.9 Å². The molecule has 0 unspecified atom stereocenters. The Labute approximate surface area is 90.8 Å². The van der Waals surface area contributed by atoms with E-state index in [-0.39, 0.29) is 5.78 Å². The fourth-order valence-corrected chi connectivity index (χ4v) is 1.86. The summed E-state index contributed by atoms with van der Waals surface area (Å²) >= 11 is 1.46. The van der Waals surface area contributed by atoms with Crippen LogP contribution in [0.25, 0.3) is 0 Å². The van der Waals surface area contributed by atoms with Crippen molar-refractivity contribution < 1.29 is 4.79 Å². The zero-order valence-corrected chi connectivity index (χ0v) is 9.28. The van der Waals surface area contributed by atoms with Gasteiger partial charge < -0.3 is 0 Å². The van der Waals surface area contributed by atoms with Crippen molar-refractivity contribution in [2.75, 3.05) is 0 Å². The molecule has 0 amide bonds. The molecule has 0 aliphatic carbocycles. The fraction of sp³-hybridized carbons (Fsp3) is 0.333. The Morgan fingerprint density at radius 3 is 3.00 bits per heavy atom. The summed E-state index contributed by atoms with van der Waals surface area (Å²) in [6, 6.07) is 0. The predicted molar refractivity (Wildman–Crippen MR) is 56.0 cm³/mol. The average Bonchev–Trinajstić information content (AvgIpc) is 2.84. The number of carbonyl (C=O) groups is 1. The smallest absolute Gasteiger partial charge is 0.231 e. The lowest BCUT2D eigenvalue weighted by Crippen LogP contribution is -2.10. The van der Waals surface area contributed by atoms with Gasteiger partial charge in [-0.25, -0.2) is 9.67 Å². The van der Waals surface area contributed by atoms with Crippen molar-refractivity contribution in [3.8, 4) is 0 Å². The van der Waals surface area contributed by atoms with E-state index in [1.54, 1.807) is 10.1 Å². The van der Waals surface area contributed by atoms with E-state index in [9.17, 15) is 4.79 Å². The van der Waals surface area contributed by atoms with E-state index in [4.69, 9.17) is 0 Å². The molecule has 0 saturated carbocycles. The summed E-state index contributed by atoms with van der Waals surface area (Å²) in [6.45, 7) is 4.42. The van der Waals surface area contributed by atoms with Gasteiger partial charge in [-0.3, -0.25) is 4.79 Å². The molecule has 0 radical (unpaired) electrons. The largest absolute Gasteiger partial charge is 0.285 e. The van der Waals surface area contributed by atoms with Gasteiger partial charge >= 0.3 is 0 Å². The molecule has 0 N–H and O–H groups in total. The second-order valence-corrected chi connectivity index (χ2v) is 4.08. The van der Waals surface area contributed by atoms with E-state index < -0.39 is 0 Å². The van der Waals surface area contributed by atoms with E-state index in [1.165, 1.54) is 17.5 Å². The third-order valence-electron chi connectivity index (χ3n) is 2.00. The lowest BCUT2D eigenvalue weighted by Gasteiger charge is -1.98. The molecular formula is C9H10N4OS. The number of hydrogen-bond donors (Lipinski definition) is 0. The number of thiazole rings is 1. The minimum absolute atomic E-state index is 0.119. The molecule has 2 heterocycles. The van der Waals surface area contributed by atoms with Crippen LogP contribution >= 0.6 is 11.3 Å². The van der Waals surface area contributed by atoms with E-state index in [0.717, 1.165) is 5.01 Å². The molecule has 0 saturated heterocycles. The van der Waals surface area contributed by atoms with Crippen LogP contribution in [0.3, 0.4) is 0 Å². The normalized spacial score (nSPS) is 10.5. The molecule has 0 fully saturated rings. The third kappa shape index (κ3) is 1.80. The Morgan fingerprint density at radius 2 is 2.40 bits per heavy atom. The highest BCUT2D eigenvalue weighted by molar-refractivity contribution is 7.09. The summed E-state index contributed by atoms with van der Waals surface area (Å²) in [5.74, 6) is -0.119. The van der Waals surface area contributed by atoms with Crippen molar-refractivity contribution in [2.24, 2.45) is 0 Å². The molecule has 0 aromatic carbocycles. The maximum Gasteiger partial charge on any atom is 0.231 e. The van der Waals surface area contributed by atoms with Crippen LogP contribution in [-0.4, -0.2) is 25.8 Å². The lowest BCUT2D eigenvalue weighted by molar-refractivity contribution is 0.102. The molecule has 0 aliphatic rings. The molecule has 0 bridgehead atoms. The minimum Gasteiger partial charge on any atom is -0.285 e. The highest BCUT2D eigenvalue weighted by Crippen LogP contribution is 2.12. The molecular weight excluding hydrogens is 212 g/mol. The minimum atomic E-state index is -0.119. The second kappa shape index (κ2) is 3.90. The molecule has 78 valence electrons. The van der Waals surface area contributed by atoms with Crippen LogP contribution in [-0.2, 0) is 6.54 Å². The molecule has 0 aliphatic heterocycles. The summed E-state index contributed by atoms with van der Waals surface area (Å²) in [5.41, 5.74) is 0.956. The number of rotatable bonds is 3. The highest BCUT2D eigenvalue weighted by Gasteiger charge is 2.16. The van der Waals surface area contributed by atoms with Crippen molar-refractivity contribution in [3.63, 3.8) is 0 Å². The summed E-state index contributed by atoms with van der Waals surface area (Å²) in [5, 5.41) is 10.2. The summed E-state index contributed by atoms with van der Waals surface area (Å²) in [4.78, 5) is 16.1. The van der Waals surface area contributed by atoms with Crippen molar-refractivity contribution in [3.05, 3.63) is 28.0 Å². The van der Waals surface area contributed by atoms with Gasteiger partial charge in [-0.2, -0.15) is 0 Å². The third-order valence-corrected chi connectivity index (χ3v) is 2.78. The Morgan fingerprint density at radius 1 is 1.60 bits per heavy atom. The molecule has 5 nitrogen and oxygen atoms in total. The Balaban J connectivity index is 2.36. The van der Waals surface area contributed by atoms with Crippen molar-refractivity contribution in [1.82, 2.24) is 20.0 Å². The zero-order valence-electron chi connectivity index (χ0n) is 8.47. The molecule has 2 aromatic rings. The molecule has 2 aromatic heterocycles. The lowest BCUT2D eigenvalue weighted by atomic mass is 10.2. The number of nitrogens with zero attached hydrogens (tertiary/aromatic N) is 4. The first kappa shape index (κ1) is 9.97. The van der Waals surface area contributed by atoms with Crippen LogP contribution in [0, 0.1) is 6.92 Å². The number of hydrogen-bond acceptors (Lipinski definition) is 5. The van der Waals surface area contributed by atoms with Gasteiger partial charge in [0, 0.05) is 11.9 Å². The van der Waals surface area contributed by atoms with Gasteiger partial charge in [-0.05, 0) is 13.8 Å². The number of ketones is 1. The van der Waals surface area contributed by atoms with Crippen molar-refractivity contribution in [2.45, 2.75) is 20.4 Å². The standard InChI is InChI=1S/C9H10N4OS/c1-3-13-8(4-10-12-13)9(14)7-5-15-6(2)11-7/h4-5H,3H2,1-2H3. The van der Waals surface area contributed by atoms with Crippen LogP contribution in [0.15, 0.2) is 11.6 Å². The molecule has 0 spiro atoms. The van der Waals surface area contributed by atoms with Gasteiger partial charge in [0.2, 0.25) is 5.78 Å². The van der Waals surface area contributed by atoms with Crippen LogP contribution in [0.4, 0.5) is 0 Å². The number of aromatic nitrogens is 4. The van der Waals surface area contributed by atoms with Gasteiger partial charge in [-0.15, -0.1) is 16.4 Å². The van der Waals surface area contributed by atoms with Crippen LogP contribution in [0.5, 0.6) is 0 Å². The van der Waals surface area contributed by atoms with Crippen molar-refractivity contribution >= 4 is 17.1 Å². The average molecular weight is 222 g/mol. The Hall–Kier alpha value is -1.56. The Kier molecular flexibility index (Phi) is 2.59.